The molecule has 0 fully saturated rings. The molecule has 0 aliphatic heterocycles. The molecule has 2 atom stereocenters. The summed E-state index contributed by atoms with van der Waals surface area (Å²) in [6.45, 7) is 5.41. The van der Waals surface area contributed by atoms with Crippen LogP contribution in [0.15, 0.2) is 12.7 Å². The van der Waals surface area contributed by atoms with Gasteiger partial charge < -0.3 is 11.5 Å². The van der Waals surface area contributed by atoms with Gasteiger partial charge in [-0.15, -0.1) is 6.58 Å². The van der Waals surface area contributed by atoms with Crippen molar-refractivity contribution in [3.8, 4) is 0 Å². The summed E-state index contributed by atoms with van der Waals surface area (Å²) < 4.78 is 0. The van der Waals surface area contributed by atoms with Crippen LogP contribution in [-0.4, -0.2) is 11.9 Å². The molecule has 3 nitrogen and oxygen atoms in total. The van der Waals surface area contributed by atoms with E-state index in [9.17, 15) is 4.79 Å². The standard InChI is InChI=1S/C7H14N2O/c1-3-4-5(2)6(8)7(9)10/h3,5-6H,1,4,8H2,2H3,(H2,9,10). The number of hydrogen-bond donors (Lipinski definition) is 2. The van der Waals surface area contributed by atoms with Crippen molar-refractivity contribution in [1.82, 2.24) is 0 Å². The zero-order valence-corrected chi connectivity index (χ0v) is 6.21. The van der Waals surface area contributed by atoms with E-state index in [2.05, 4.69) is 6.58 Å². The molecule has 0 aromatic carbocycles. The summed E-state index contributed by atoms with van der Waals surface area (Å²) in [4.78, 5) is 10.5. The van der Waals surface area contributed by atoms with Gasteiger partial charge in [-0.25, -0.2) is 0 Å². The number of amides is 1. The monoisotopic (exact) mass is 142 g/mol. The molecule has 0 aliphatic carbocycles. The second kappa shape index (κ2) is 4.06. The van der Waals surface area contributed by atoms with Crippen LogP contribution >= 0.6 is 0 Å². The fourth-order valence-corrected chi connectivity index (χ4v) is 0.690. The molecule has 3 heteroatoms. The molecule has 0 saturated heterocycles. The molecule has 0 aliphatic rings. The van der Waals surface area contributed by atoms with E-state index in [-0.39, 0.29) is 5.92 Å². The van der Waals surface area contributed by atoms with E-state index >= 15 is 0 Å². The van der Waals surface area contributed by atoms with Crippen LogP contribution in [0.5, 0.6) is 0 Å². The first-order chi connectivity index (χ1) is 4.59. The fourth-order valence-electron chi connectivity index (χ4n) is 0.690. The van der Waals surface area contributed by atoms with Gasteiger partial charge in [-0.2, -0.15) is 0 Å². The van der Waals surface area contributed by atoms with E-state index in [1.165, 1.54) is 0 Å². The van der Waals surface area contributed by atoms with Crippen molar-refractivity contribution in [2.45, 2.75) is 19.4 Å². The first-order valence-corrected chi connectivity index (χ1v) is 3.25. The lowest BCUT2D eigenvalue weighted by molar-refractivity contribution is -0.120. The minimum absolute atomic E-state index is 0.0926. The van der Waals surface area contributed by atoms with Gasteiger partial charge in [-0.1, -0.05) is 13.0 Å². The highest BCUT2D eigenvalue weighted by atomic mass is 16.1. The van der Waals surface area contributed by atoms with Crippen LogP contribution in [0.4, 0.5) is 0 Å². The Morgan fingerprint density at radius 2 is 2.30 bits per heavy atom. The highest BCUT2D eigenvalue weighted by Crippen LogP contribution is 2.05. The Morgan fingerprint density at radius 3 is 2.60 bits per heavy atom. The molecule has 2 unspecified atom stereocenters. The minimum atomic E-state index is -0.544. The van der Waals surface area contributed by atoms with E-state index in [0.717, 1.165) is 6.42 Å². The zero-order chi connectivity index (χ0) is 8.15. The molecule has 0 rings (SSSR count). The molecule has 0 aromatic heterocycles. The predicted molar refractivity (Wildman–Crippen MR) is 41.1 cm³/mol. The van der Waals surface area contributed by atoms with Crippen LogP contribution in [0.25, 0.3) is 0 Å². The summed E-state index contributed by atoms with van der Waals surface area (Å²) >= 11 is 0. The second-order valence-electron chi connectivity index (χ2n) is 2.43. The third-order valence-corrected chi connectivity index (χ3v) is 1.48. The molecule has 0 aromatic rings. The quantitative estimate of drug-likeness (QED) is 0.543. The fraction of sp³-hybridized carbons (Fsp3) is 0.571. The molecule has 0 heterocycles. The third-order valence-electron chi connectivity index (χ3n) is 1.48. The Hall–Kier alpha value is -0.830. The summed E-state index contributed by atoms with van der Waals surface area (Å²) in [5, 5.41) is 0. The zero-order valence-electron chi connectivity index (χ0n) is 6.21. The van der Waals surface area contributed by atoms with E-state index in [0.29, 0.717) is 0 Å². The van der Waals surface area contributed by atoms with Crippen molar-refractivity contribution in [3.05, 3.63) is 12.7 Å². The van der Waals surface area contributed by atoms with Gasteiger partial charge >= 0.3 is 0 Å². The van der Waals surface area contributed by atoms with Crippen LogP contribution in [0.3, 0.4) is 0 Å². The van der Waals surface area contributed by atoms with Crippen molar-refractivity contribution in [3.63, 3.8) is 0 Å². The maximum absolute atomic E-state index is 10.5. The van der Waals surface area contributed by atoms with E-state index in [1.807, 2.05) is 6.92 Å². The minimum Gasteiger partial charge on any atom is -0.368 e. The molecule has 10 heavy (non-hydrogen) atoms. The van der Waals surface area contributed by atoms with Gasteiger partial charge in [0.2, 0.25) is 5.91 Å². The molecular weight excluding hydrogens is 128 g/mol. The van der Waals surface area contributed by atoms with Crippen molar-refractivity contribution < 1.29 is 4.79 Å². The molecule has 0 saturated carbocycles. The van der Waals surface area contributed by atoms with Gasteiger partial charge in [0.1, 0.15) is 0 Å². The Kier molecular flexibility index (Phi) is 3.72. The molecule has 1 amide bonds. The van der Waals surface area contributed by atoms with Crippen molar-refractivity contribution >= 4 is 5.91 Å². The maximum atomic E-state index is 10.5. The van der Waals surface area contributed by atoms with Crippen molar-refractivity contribution in [2.24, 2.45) is 17.4 Å². The largest absolute Gasteiger partial charge is 0.368 e. The molecule has 0 radical (unpaired) electrons. The average Bonchev–Trinajstić information content (AvgIpc) is 1.87. The van der Waals surface area contributed by atoms with Crippen LogP contribution in [0.1, 0.15) is 13.3 Å². The van der Waals surface area contributed by atoms with E-state index in [1.54, 1.807) is 6.08 Å². The van der Waals surface area contributed by atoms with Gasteiger partial charge in [0.05, 0.1) is 6.04 Å². The average molecular weight is 142 g/mol. The van der Waals surface area contributed by atoms with E-state index in [4.69, 9.17) is 11.5 Å². The van der Waals surface area contributed by atoms with Crippen molar-refractivity contribution in [1.29, 1.82) is 0 Å². The highest BCUT2D eigenvalue weighted by molar-refractivity contribution is 5.79. The first-order valence-electron chi connectivity index (χ1n) is 3.25. The first kappa shape index (κ1) is 9.17. The molecule has 0 bridgehead atoms. The Balaban J connectivity index is 3.80. The highest BCUT2D eigenvalue weighted by Gasteiger charge is 2.15. The summed E-state index contributed by atoms with van der Waals surface area (Å²) in [7, 11) is 0. The molecular formula is C7H14N2O. The Bertz CT molecular complexity index is 134. The van der Waals surface area contributed by atoms with Crippen molar-refractivity contribution in [2.75, 3.05) is 0 Å². The van der Waals surface area contributed by atoms with Crippen LogP contribution in [0.2, 0.25) is 0 Å². The van der Waals surface area contributed by atoms with E-state index < -0.39 is 11.9 Å². The number of primary amides is 1. The number of allylic oxidation sites excluding steroid dienone is 1. The molecule has 0 spiro atoms. The van der Waals surface area contributed by atoms with Gasteiger partial charge in [0.15, 0.2) is 0 Å². The normalized spacial score (nSPS) is 15.8. The number of nitrogens with two attached hydrogens (primary N) is 2. The predicted octanol–water partition coefficient (Wildman–Crippen LogP) is 0.0112. The summed E-state index contributed by atoms with van der Waals surface area (Å²) in [6.07, 6.45) is 2.46. The Morgan fingerprint density at radius 1 is 1.80 bits per heavy atom. The molecule has 58 valence electrons. The van der Waals surface area contributed by atoms with Gasteiger partial charge in [-0.05, 0) is 12.3 Å². The summed E-state index contributed by atoms with van der Waals surface area (Å²) in [6, 6.07) is -0.544. The topological polar surface area (TPSA) is 69.1 Å². The molecule has 4 N–H and O–H groups in total. The van der Waals surface area contributed by atoms with Gasteiger partial charge in [-0.3, -0.25) is 4.79 Å². The number of hydrogen-bond acceptors (Lipinski definition) is 2. The lowest BCUT2D eigenvalue weighted by atomic mass is 9.99. The number of carbonyl (C=O) groups excluding carboxylic acids is 1. The third kappa shape index (κ3) is 2.64. The maximum Gasteiger partial charge on any atom is 0.234 e. The van der Waals surface area contributed by atoms with Crippen LogP contribution in [0, 0.1) is 5.92 Å². The smallest absolute Gasteiger partial charge is 0.234 e. The van der Waals surface area contributed by atoms with Crippen LogP contribution in [-0.2, 0) is 4.79 Å². The number of carbonyl (C=O) groups is 1. The van der Waals surface area contributed by atoms with Crippen LogP contribution < -0.4 is 11.5 Å². The van der Waals surface area contributed by atoms with Gasteiger partial charge in [0, 0.05) is 0 Å². The lowest BCUT2D eigenvalue weighted by Gasteiger charge is -2.13. The Labute approximate surface area is 61.1 Å². The summed E-state index contributed by atoms with van der Waals surface area (Å²) in [5.41, 5.74) is 10.4. The lowest BCUT2D eigenvalue weighted by Crippen LogP contribution is -2.41. The SMILES string of the molecule is C=CCC(C)C(N)C(N)=O. The second-order valence-corrected chi connectivity index (χ2v) is 2.43. The summed E-state index contributed by atoms with van der Waals surface area (Å²) in [5.74, 6) is -0.357. The number of rotatable bonds is 4. The van der Waals surface area contributed by atoms with Gasteiger partial charge in [0.25, 0.3) is 0 Å².